The van der Waals surface area contributed by atoms with Crippen LogP contribution in [0.2, 0.25) is 0 Å². The first-order valence-corrected chi connectivity index (χ1v) is 14.9. The second kappa shape index (κ2) is 12.3. The molecule has 8 nitrogen and oxygen atoms in total. The van der Waals surface area contributed by atoms with Gasteiger partial charge in [0, 0.05) is 13.1 Å². The molecule has 3 aromatic carbocycles. The predicted octanol–water partition coefficient (Wildman–Crippen LogP) is 6.51. The smallest absolute Gasteiger partial charge is 0.330 e. The number of nitrogens with zero attached hydrogens (tertiary/aromatic N) is 4. The Hall–Kier alpha value is -3.60. The van der Waals surface area contributed by atoms with Gasteiger partial charge in [0.1, 0.15) is 4.05 Å². The quantitative estimate of drug-likeness (QED) is 0.194. The maximum Gasteiger partial charge on any atom is 0.330 e. The Bertz CT molecular complexity index is 1290. The molecule has 9 heteroatoms. The van der Waals surface area contributed by atoms with Crippen molar-refractivity contribution in [3.05, 3.63) is 96.6 Å². The summed E-state index contributed by atoms with van der Waals surface area (Å²) in [7, 11) is 0. The van der Waals surface area contributed by atoms with Crippen LogP contribution >= 0.6 is 22.6 Å². The number of anilines is 2. The van der Waals surface area contributed by atoms with Gasteiger partial charge in [-0.15, -0.1) is 0 Å². The number of benzene rings is 3. The Kier molecular flexibility index (Phi) is 8.58. The summed E-state index contributed by atoms with van der Waals surface area (Å²) in [4.78, 5) is 47.7. The number of alkyl halides is 1. The van der Waals surface area contributed by atoms with Gasteiger partial charge in [-0.2, -0.15) is 0 Å². The number of urea groups is 2. The molecular formula is C31H33IN4O4. The molecule has 4 atom stereocenters. The van der Waals surface area contributed by atoms with Crippen LogP contribution < -0.4 is 4.90 Å². The first kappa shape index (κ1) is 27.9. The van der Waals surface area contributed by atoms with Crippen LogP contribution in [-0.4, -0.2) is 67.1 Å². The summed E-state index contributed by atoms with van der Waals surface area (Å²) >= 11 is 2.04. The first-order valence-electron chi connectivity index (χ1n) is 13.6. The summed E-state index contributed by atoms with van der Waals surface area (Å²) in [5.41, 5.74) is 2.36. The zero-order chi connectivity index (χ0) is 28.2. The second-order valence-electron chi connectivity index (χ2n) is 10.1. The average Bonchev–Trinajstić information content (AvgIpc) is 3.48. The SMILES string of the molecule is CC[C@H]1CN(C(=O)N(c2ccccc2)c2ccccc2)[C@H](C(=O)O)[C@@H](I)N1C(=O)N1CCC[C@@H]1c1ccccc1. The molecule has 40 heavy (non-hydrogen) atoms. The molecule has 2 aliphatic rings. The van der Waals surface area contributed by atoms with Crippen LogP contribution in [0.3, 0.4) is 0 Å². The van der Waals surface area contributed by atoms with Crippen LogP contribution in [0.5, 0.6) is 0 Å². The normalized spacial score (nSPS) is 22.7. The Balaban J connectivity index is 1.48. The van der Waals surface area contributed by atoms with Crippen LogP contribution in [0.4, 0.5) is 21.0 Å². The lowest BCUT2D eigenvalue weighted by atomic mass is 10.0. The lowest BCUT2D eigenvalue weighted by Gasteiger charge is -2.50. The molecule has 2 saturated heterocycles. The molecule has 2 heterocycles. The number of hydrogen-bond acceptors (Lipinski definition) is 3. The van der Waals surface area contributed by atoms with Gasteiger partial charge in [-0.1, -0.05) is 96.2 Å². The molecule has 3 aromatic rings. The minimum absolute atomic E-state index is 0.0515. The van der Waals surface area contributed by atoms with Crippen molar-refractivity contribution in [2.75, 3.05) is 18.0 Å². The minimum Gasteiger partial charge on any atom is -0.480 e. The molecule has 0 unspecified atom stereocenters. The van der Waals surface area contributed by atoms with E-state index in [0.717, 1.165) is 18.4 Å². The van der Waals surface area contributed by atoms with Gasteiger partial charge in [0.2, 0.25) is 0 Å². The molecule has 2 aliphatic heterocycles. The summed E-state index contributed by atoms with van der Waals surface area (Å²) in [6.45, 7) is 2.71. The van der Waals surface area contributed by atoms with E-state index in [2.05, 4.69) is 0 Å². The van der Waals surface area contributed by atoms with E-state index in [1.807, 2.05) is 125 Å². The van der Waals surface area contributed by atoms with Crippen molar-refractivity contribution in [1.82, 2.24) is 14.7 Å². The van der Waals surface area contributed by atoms with Gasteiger partial charge in [0.15, 0.2) is 6.04 Å². The van der Waals surface area contributed by atoms with E-state index in [4.69, 9.17) is 0 Å². The van der Waals surface area contributed by atoms with Gasteiger partial charge in [0.25, 0.3) is 0 Å². The number of likely N-dealkylation sites (tertiary alicyclic amines) is 1. The fourth-order valence-corrected chi connectivity index (χ4v) is 7.17. The zero-order valence-corrected chi connectivity index (χ0v) is 24.5. The summed E-state index contributed by atoms with van der Waals surface area (Å²) in [6, 6.07) is 26.2. The monoisotopic (exact) mass is 652 g/mol. The van der Waals surface area contributed by atoms with Crippen molar-refractivity contribution in [3.63, 3.8) is 0 Å². The maximum atomic E-state index is 14.3. The molecule has 1 N–H and O–H groups in total. The van der Waals surface area contributed by atoms with Crippen molar-refractivity contribution >= 4 is 52.0 Å². The fraction of sp³-hybridized carbons (Fsp3) is 0.323. The number of carbonyl (C=O) groups excluding carboxylic acids is 2. The number of rotatable bonds is 5. The standard InChI is InChI=1S/C31H33IN4O4/c1-2-23-21-34(31(40)35(24-15-8-4-9-16-24)25-17-10-5-11-18-25)27(29(37)38)28(32)36(23)30(39)33-20-12-19-26(33)22-13-6-3-7-14-22/h3-11,13-18,23,26-28H,2,12,19-21H2,1H3,(H,37,38)/t23-,26+,27-,28-/m0/s1. The number of piperazine rings is 1. The molecule has 5 rings (SSSR count). The lowest BCUT2D eigenvalue weighted by molar-refractivity contribution is -0.145. The highest BCUT2D eigenvalue weighted by molar-refractivity contribution is 14.1. The van der Waals surface area contributed by atoms with E-state index < -0.39 is 22.1 Å². The van der Waals surface area contributed by atoms with E-state index in [1.165, 1.54) is 4.90 Å². The zero-order valence-electron chi connectivity index (χ0n) is 22.3. The van der Waals surface area contributed by atoms with E-state index in [-0.39, 0.29) is 24.7 Å². The number of carboxylic acid groups (broad SMARTS) is 1. The molecule has 0 radical (unpaired) electrons. The molecular weight excluding hydrogens is 619 g/mol. The number of amides is 4. The molecule has 0 bridgehead atoms. The number of carbonyl (C=O) groups is 3. The van der Waals surface area contributed by atoms with Gasteiger partial charge < -0.3 is 19.8 Å². The van der Waals surface area contributed by atoms with E-state index in [1.54, 1.807) is 9.80 Å². The van der Waals surface area contributed by atoms with E-state index in [0.29, 0.717) is 24.3 Å². The number of hydrogen-bond donors (Lipinski definition) is 1. The van der Waals surface area contributed by atoms with Crippen LogP contribution in [0.15, 0.2) is 91.0 Å². The number of halogens is 1. The van der Waals surface area contributed by atoms with Crippen molar-refractivity contribution < 1.29 is 19.5 Å². The summed E-state index contributed by atoms with van der Waals surface area (Å²) < 4.78 is -0.754. The van der Waals surface area contributed by atoms with E-state index in [9.17, 15) is 19.5 Å². The molecule has 0 aromatic heterocycles. The fourth-order valence-electron chi connectivity index (χ4n) is 5.78. The summed E-state index contributed by atoms with van der Waals surface area (Å²) in [6.07, 6.45) is 2.34. The van der Waals surface area contributed by atoms with Crippen molar-refractivity contribution in [1.29, 1.82) is 0 Å². The average molecular weight is 653 g/mol. The highest BCUT2D eigenvalue weighted by Crippen LogP contribution is 2.37. The van der Waals surface area contributed by atoms with E-state index >= 15 is 0 Å². The van der Waals surface area contributed by atoms with Crippen LogP contribution in [-0.2, 0) is 4.79 Å². The minimum atomic E-state index is -1.22. The van der Waals surface area contributed by atoms with Gasteiger partial charge in [-0.25, -0.2) is 14.4 Å². The Morgan fingerprint density at radius 3 is 1.95 bits per heavy atom. The van der Waals surface area contributed by atoms with Gasteiger partial charge in [-0.3, -0.25) is 4.90 Å². The second-order valence-corrected chi connectivity index (χ2v) is 11.4. The molecule has 4 amide bonds. The van der Waals surface area contributed by atoms with Crippen molar-refractivity contribution in [2.24, 2.45) is 0 Å². The maximum absolute atomic E-state index is 14.3. The molecule has 0 aliphatic carbocycles. The predicted molar refractivity (Wildman–Crippen MR) is 163 cm³/mol. The van der Waals surface area contributed by atoms with Crippen molar-refractivity contribution in [3.8, 4) is 0 Å². The Labute approximate surface area is 248 Å². The summed E-state index contributed by atoms with van der Waals surface area (Å²) in [5, 5.41) is 10.4. The van der Waals surface area contributed by atoms with Gasteiger partial charge in [-0.05, 0) is 49.1 Å². The van der Waals surface area contributed by atoms with Gasteiger partial charge >= 0.3 is 18.0 Å². The third kappa shape index (κ3) is 5.39. The highest BCUT2D eigenvalue weighted by atomic mass is 127. The highest BCUT2D eigenvalue weighted by Gasteiger charge is 2.50. The molecule has 2 fully saturated rings. The largest absolute Gasteiger partial charge is 0.480 e. The molecule has 0 spiro atoms. The third-order valence-corrected chi connectivity index (χ3v) is 9.04. The number of para-hydroxylation sites is 2. The Morgan fingerprint density at radius 1 is 0.875 bits per heavy atom. The summed E-state index contributed by atoms with van der Waals surface area (Å²) in [5.74, 6) is -1.14. The Morgan fingerprint density at radius 2 is 1.43 bits per heavy atom. The van der Waals surface area contributed by atoms with Crippen LogP contribution in [0.1, 0.15) is 37.8 Å². The third-order valence-electron chi connectivity index (χ3n) is 7.76. The molecule has 0 saturated carbocycles. The van der Waals surface area contributed by atoms with Crippen molar-refractivity contribution in [2.45, 2.75) is 48.4 Å². The molecule has 208 valence electrons. The topological polar surface area (TPSA) is 84.4 Å². The van der Waals surface area contributed by atoms with Crippen LogP contribution in [0.25, 0.3) is 0 Å². The van der Waals surface area contributed by atoms with Gasteiger partial charge in [0.05, 0.1) is 23.5 Å². The first-order chi connectivity index (χ1) is 19.4. The lowest BCUT2D eigenvalue weighted by Crippen LogP contribution is -2.69. The number of carboxylic acids is 1. The number of aliphatic carboxylic acids is 1. The van der Waals surface area contributed by atoms with Crippen LogP contribution in [0, 0.1) is 0 Å².